The van der Waals surface area contributed by atoms with Crippen molar-refractivity contribution >= 4 is 26.7 Å². The predicted molar refractivity (Wildman–Crippen MR) is 70.7 cm³/mol. The fourth-order valence-electron chi connectivity index (χ4n) is 1.84. The average Bonchev–Trinajstić information content (AvgIpc) is 2.90. The average molecular weight is 277 g/mol. The van der Waals surface area contributed by atoms with Crippen LogP contribution in [0.4, 0.5) is 5.82 Å². The molecular weight excluding hydrogens is 266 g/mol. The van der Waals surface area contributed by atoms with Gasteiger partial charge in [-0.2, -0.15) is 9.78 Å². The van der Waals surface area contributed by atoms with Crippen LogP contribution in [0.3, 0.4) is 0 Å². The number of fused-ring (bicyclic) bond motifs is 1. The highest BCUT2D eigenvalue weighted by Crippen LogP contribution is 2.21. The molecule has 0 amide bonds. The second kappa shape index (κ2) is 3.82. The molecule has 0 spiro atoms. The number of aromatic nitrogens is 4. The second-order valence-electron chi connectivity index (χ2n) is 4.16. The quantitative estimate of drug-likeness (QED) is 0.718. The van der Waals surface area contributed by atoms with Gasteiger partial charge in [0.2, 0.25) is 5.95 Å². The number of imidazole rings is 1. The van der Waals surface area contributed by atoms with Crippen molar-refractivity contribution in [3.05, 3.63) is 30.5 Å². The Hall–Kier alpha value is -2.35. The summed E-state index contributed by atoms with van der Waals surface area (Å²) in [4.78, 5) is 7.33. The Morgan fingerprint density at radius 3 is 2.68 bits per heavy atom. The molecular formula is C11H11N5O2S. The minimum Gasteiger partial charge on any atom is -0.382 e. The van der Waals surface area contributed by atoms with E-state index in [9.17, 15) is 8.42 Å². The van der Waals surface area contributed by atoms with E-state index in [1.165, 1.54) is 10.9 Å². The highest BCUT2D eigenvalue weighted by Gasteiger charge is 2.19. The number of nitrogens with zero attached hydrogens (tertiary/aromatic N) is 3. The maximum absolute atomic E-state index is 11.5. The van der Waals surface area contributed by atoms with Crippen molar-refractivity contribution in [3.8, 4) is 5.95 Å². The van der Waals surface area contributed by atoms with Crippen molar-refractivity contribution in [2.45, 2.75) is 4.90 Å². The monoisotopic (exact) mass is 277 g/mol. The largest absolute Gasteiger partial charge is 0.382 e. The lowest BCUT2D eigenvalue weighted by Crippen LogP contribution is -2.06. The van der Waals surface area contributed by atoms with Crippen molar-refractivity contribution < 1.29 is 8.42 Å². The number of nitrogens with two attached hydrogens (primary N) is 1. The van der Waals surface area contributed by atoms with Crippen LogP contribution in [0.25, 0.3) is 17.0 Å². The molecule has 0 bridgehead atoms. The zero-order valence-electron chi connectivity index (χ0n) is 10.0. The van der Waals surface area contributed by atoms with Crippen molar-refractivity contribution in [1.82, 2.24) is 19.7 Å². The normalized spacial score (nSPS) is 12.1. The summed E-state index contributed by atoms with van der Waals surface area (Å²) in [6.07, 6.45) is 2.31. The third kappa shape index (κ3) is 1.85. The number of rotatable bonds is 2. The number of nitrogen functional groups attached to an aromatic ring is 1. The van der Waals surface area contributed by atoms with Gasteiger partial charge in [-0.25, -0.2) is 13.4 Å². The molecule has 0 radical (unpaired) electrons. The maximum atomic E-state index is 11.5. The molecule has 98 valence electrons. The van der Waals surface area contributed by atoms with Crippen LogP contribution >= 0.6 is 0 Å². The third-order valence-corrected chi connectivity index (χ3v) is 3.86. The molecule has 1 aromatic carbocycles. The van der Waals surface area contributed by atoms with E-state index in [1.807, 2.05) is 24.3 Å². The minimum absolute atomic E-state index is 0.00652. The van der Waals surface area contributed by atoms with Gasteiger partial charge in [-0.05, 0) is 12.1 Å². The highest BCUT2D eigenvalue weighted by molar-refractivity contribution is 7.90. The molecule has 3 rings (SSSR count). The lowest BCUT2D eigenvalue weighted by molar-refractivity contribution is 0.602. The van der Waals surface area contributed by atoms with Gasteiger partial charge in [-0.15, -0.1) is 0 Å². The predicted octanol–water partition coefficient (Wildman–Crippen LogP) is 0.734. The first-order valence-corrected chi connectivity index (χ1v) is 7.34. The van der Waals surface area contributed by atoms with Crippen molar-refractivity contribution in [1.29, 1.82) is 0 Å². The summed E-state index contributed by atoms with van der Waals surface area (Å²) >= 11 is 0. The summed E-state index contributed by atoms with van der Waals surface area (Å²) in [7, 11) is -3.40. The summed E-state index contributed by atoms with van der Waals surface area (Å²) in [5.41, 5.74) is 7.39. The Kier molecular flexibility index (Phi) is 2.36. The van der Waals surface area contributed by atoms with Crippen LogP contribution < -0.4 is 5.73 Å². The summed E-state index contributed by atoms with van der Waals surface area (Å²) in [6.45, 7) is 0. The van der Waals surface area contributed by atoms with E-state index >= 15 is 0 Å². The first kappa shape index (κ1) is 11.7. The molecule has 8 heteroatoms. The number of aromatic amines is 1. The van der Waals surface area contributed by atoms with Crippen LogP contribution in [0.15, 0.2) is 35.4 Å². The van der Waals surface area contributed by atoms with E-state index in [0.29, 0.717) is 5.95 Å². The zero-order valence-corrected chi connectivity index (χ0v) is 10.8. The van der Waals surface area contributed by atoms with Gasteiger partial charge in [-0.1, -0.05) is 12.1 Å². The molecule has 0 aliphatic carbocycles. The fraction of sp³-hybridized carbons (Fsp3) is 0.0909. The van der Waals surface area contributed by atoms with Gasteiger partial charge in [0, 0.05) is 6.26 Å². The Labute approximate surface area is 109 Å². The van der Waals surface area contributed by atoms with E-state index in [4.69, 9.17) is 5.73 Å². The molecule has 7 nitrogen and oxygen atoms in total. The fourth-order valence-corrected chi connectivity index (χ4v) is 2.54. The highest BCUT2D eigenvalue weighted by atomic mass is 32.2. The van der Waals surface area contributed by atoms with Gasteiger partial charge in [0.15, 0.2) is 9.84 Å². The molecule has 19 heavy (non-hydrogen) atoms. The summed E-state index contributed by atoms with van der Waals surface area (Å²) in [5.74, 6) is 0.426. The minimum atomic E-state index is -3.40. The first-order valence-electron chi connectivity index (χ1n) is 5.45. The molecule has 0 saturated carbocycles. The lowest BCUT2D eigenvalue weighted by Gasteiger charge is -1.99. The Balaban J connectivity index is 2.20. The Morgan fingerprint density at radius 1 is 1.32 bits per heavy atom. The van der Waals surface area contributed by atoms with Crippen LogP contribution in [0, 0.1) is 0 Å². The van der Waals surface area contributed by atoms with Crippen LogP contribution in [0.5, 0.6) is 0 Å². The Morgan fingerprint density at radius 2 is 2.05 bits per heavy atom. The van der Waals surface area contributed by atoms with E-state index in [2.05, 4.69) is 15.1 Å². The number of hydrogen-bond acceptors (Lipinski definition) is 5. The van der Waals surface area contributed by atoms with Crippen molar-refractivity contribution in [2.24, 2.45) is 0 Å². The van der Waals surface area contributed by atoms with Crippen molar-refractivity contribution in [2.75, 3.05) is 12.0 Å². The van der Waals surface area contributed by atoms with Gasteiger partial charge < -0.3 is 10.7 Å². The topological polar surface area (TPSA) is 107 Å². The summed E-state index contributed by atoms with van der Waals surface area (Å²) in [6, 6.07) is 7.44. The summed E-state index contributed by atoms with van der Waals surface area (Å²) < 4.78 is 24.3. The standard InChI is InChI=1S/C11H11N5O2S/c1-19(17,18)9-6-13-16(10(9)12)11-14-7-4-2-3-5-8(7)15-11/h2-6H,12H2,1H3,(H,14,15). The second-order valence-corrected chi connectivity index (χ2v) is 6.14. The zero-order chi connectivity index (χ0) is 13.6. The smallest absolute Gasteiger partial charge is 0.231 e. The van der Waals surface area contributed by atoms with Gasteiger partial charge in [0.1, 0.15) is 10.7 Å². The van der Waals surface area contributed by atoms with Gasteiger partial charge in [0.05, 0.1) is 17.2 Å². The van der Waals surface area contributed by atoms with Crippen LogP contribution in [-0.2, 0) is 9.84 Å². The number of para-hydroxylation sites is 2. The number of nitrogens with one attached hydrogen (secondary N) is 1. The number of sulfone groups is 1. The van der Waals surface area contributed by atoms with Gasteiger partial charge >= 0.3 is 0 Å². The molecule has 2 heterocycles. The number of H-pyrrole nitrogens is 1. The molecule has 3 aromatic rings. The third-order valence-electron chi connectivity index (χ3n) is 2.75. The molecule has 0 saturated heterocycles. The molecule has 0 aliphatic heterocycles. The molecule has 0 fully saturated rings. The van der Waals surface area contributed by atoms with E-state index < -0.39 is 9.84 Å². The molecule has 0 aliphatic rings. The number of benzene rings is 1. The van der Waals surface area contributed by atoms with Crippen molar-refractivity contribution in [3.63, 3.8) is 0 Å². The maximum Gasteiger partial charge on any atom is 0.231 e. The van der Waals surface area contributed by atoms with Crippen LogP contribution in [0.1, 0.15) is 0 Å². The van der Waals surface area contributed by atoms with E-state index in [-0.39, 0.29) is 10.7 Å². The van der Waals surface area contributed by atoms with Gasteiger partial charge in [0.25, 0.3) is 0 Å². The SMILES string of the molecule is CS(=O)(=O)c1cnn(-c2nc3ccccc3[nH]2)c1N. The van der Waals surface area contributed by atoms with Crippen LogP contribution in [-0.4, -0.2) is 34.4 Å². The van der Waals surface area contributed by atoms with E-state index in [0.717, 1.165) is 17.3 Å². The first-order chi connectivity index (χ1) is 8.97. The molecule has 0 unspecified atom stereocenters. The summed E-state index contributed by atoms with van der Waals surface area (Å²) in [5, 5.41) is 3.97. The van der Waals surface area contributed by atoms with Crippen LogP contribution in [0.2, 0.25) is 0 Å². The number of anilines is 1. The number of hydrogen-bond donors (Lipinski definition) is 2. The molecule has 2 aromatic heterocycles. The molecule has 0 atom stereocenters. The lowest BCUT2D eigenvalue weighted by atomic mass is 10.3. The molecule has 3 N–H and O–H groups in total. The van der Waals surface area contributed by atoms with E-state index in [1.54, 1.807) is 0 Å². The Bertz CT molecular complexity index is 829. The van der Waals surface area contributed by atoms with Gasteiger partial charge in [-0.3, -0.25) is 0 Å².